The molecule has 0 spiro atoms. The van der Waals surface area contributed by atoms with E-state index in [9.17, 15) is 18.3 Å². The van der Waals surface area contributed by atoms with Crippen molar-refractivity contribution in [3.63, 3.8) is 0 Å². The number of ether oxygens (including phenoxy) is 1. The maximum absolute atomic E-state index is 14.4. The topological polar surface area (TPSA) is 60.2 Å². The zero-order valence-electron chi connectivity index (χ0n) is 19.2. The second kappa shape index (κ2) is 8.76. The first-order valence-electron chi connectivity index (χ1n) is 10.8. The van der Waals surface area contributed by atoms with Crippen LogP contribution in [0.3, 0.4) is 0 Å². The Morgan fingerprint density at radius 1 is 1.00 bits per heavy atom. The predicted octanol–water partition coefficient (Wildman–Crippen LogP) is 5.77. The Labute approximate surface area is 195 Å². The molecule has 0 aliphatic heterocycles. The average molecular weight is 470 g/mol. The lowest BCUT2D eigenvalue weighted by molar-refractivity contribution is -0.271. The molecule has 1 N–H and O–H groups in total. The van der Waals surface area contributed by atoms with Gasteiger partial charge in [-0.25, -0.2) is 0 Å². The largest absolute Gasteiger partial charge is 0.496 e. The maximum atomic E-state index is 14.4. The SMILES string of the molecule is COc1ccc(-c2cccnc2)cc1C(C)(C)CC(O)(Cn1ccc2ncccc21)C(F)(F)F. The molecule has 1 atom stereocenters. The fourth-order valence-electron chi connectivity index (χ4n) is 4.46. The third kappa shape index (κ3) is 4.50. The smallest absolute Gasteiger partial charge is 0.418 e. The van der Waals surface area contributed by atoms with Crippen LogP contribution in [0.15, 0.2) is 73.3 Å². The van der Waals surface area contributed by atoms with E-state index in [0.29, 0.717) is 22.3 Å². The van der Waals surface area contributed by atoms with Crippen LogP contribution in [0.1, 0.15) is 25.8 Å². The number of aromatic nitrogens is 3. The van der Waals surface area contributed by atoms with E-state index in [1.807, 2.05) is 18.2 Å². The van der Waals surface area contributed by atoms with Gasteiger partial charge in [-0.1, -0.05) is 26.0 Å². The van der Waals surface area contributed by atoms with Crippen LogP contribution >= 0.6 is 0 Å². The van der Waals surface area contributed by atoms with Crippen LogP contribution in [0.2, 0.25) is 0 Å². The van der Waals surface area contributed by atoms with E-state index in [2.05, 4.69) is 9.97 Å². The van der Waals surface area contributed by atoms with Crippen molar-refractivity contribution in [3.8, 4) is 16.9 Å². The molecule has 34 heavy (non-hydrogen) atoms. The third-order valence-electron chi connectivity index (χ3n) is 6.16. The van der Waals surface area contributed by atoms with Gasteiger partial charge in [0.15, 0.2) is 5.60 Å². The normalized spacial score (nSPS) is 14.2. The lowest BCUT2D eigenvalue weighted by atomic mass is 9.73. The highest BCUT2D eigenvalue weighted by molar-refractivity contribution is 5.75. The molecule has 0 radical (unpaired) electrons. The molecule has 0 amide bonds. The second-order valence-corrected chi connectivity index (χ2v) is 9.10. The minimum atomic E-state index is -4.86. The van der Waals surface area contributed by atoms with E-state index >= 15 is 0 Å². The minimum absolute atomic E-state index is 0.456. The fourth-order valence-corrected chi connectivity index (χ4v) is 4.46. The van der Waals surface area contributed by atoms with E-state index in [0.717, 1.165) is 11.1 Å². The number of hydrogen-bond acceptors (Lipinski definition) is 4. The number of methoxy groups -OCH3 is 1. The Hall–Kier alpha value is -3.39. The summed E-state index contributed by atoms with van der Waals surface area (Å²) in [6, 6.07) is 14.0. The van der Waals surface area contributed by atoms with Gasteiger partial charge in [0.25, 0.3) is 0 Å². The number of halogens is 3. The van der Waals surface area contributed by atoms with Gasteiger partial charge in [-0.15, -0.1) is 0 Å². The summed E-state index contributed by atoms with van der Waals surface area (Å²) in [5.74, 6) is 0.456. The molecule has 5 nitrogen and oxygen atoms in total. The number of aliphatic hydroxyl groups is 1. The summed E-state index contributed by atoms with van der Waals surface area (Å²) in [4.78, 5) is 8.30. The first-order valence-corrected chi connectivity index (χ1v) is 10.8. The van der Waals surface area contributed by atoms with Crippen molar-refractivity contribution in [2.75, 3.05) is 7.11 Å². The molecule has 4 rings (SSSR count). The zero-order valence-corrected chi connectivity index (χ0v) is 19.2. The summed E-state index contributed by atoms with van der Waals surface area (Å²) in [7, 11) is 1.48. The molecular weight excluding hydrogens is 443 g/mol. The van der Waals surface area contributed by atoms with Crippen LogP contribution in [-0.2, 0) is 12.0 Å². The number of pyridine rings is 2. The Bertz CT molecular complexity index is 1290. The van der Waals surface area contributed by atoms with Crippen molar-refractivity contribution in [3.05, 3.63) is 78.9 Å². The van der Waals surface area contributed by atoms with Gasteiger partial charge < -0.3 is 14.4 Å². The molecule has 4 aromatic rings. The van der Waals surface area contributed by atoms with Gasteiger partial charge in [-0.3, -0.25) is 9.97 Å². The third-order valence-corrected chi connectivity index (χ3v) is 6.16. The van der Waals surface area contributed by atoms with Gasteiger partial charge in [0.05, 0.1) is 24.7 Å². The molecule has 8 heteroatoms. The summed E-state index contributed by atoms with van der Waals surface area (Å²) in [6.07, 6.45) is 1.00. The van der Waals surface area contributed by atoms with Crippen LogP contribution in [0.5, 0.6) is 5.75 Å². The molecule has 178 valence electrons. The number of alkyl halides is 3. The Morgan fingerprint density at radius 3 is 2.44 bits per heavy atom. The lowest BCUT2D eigenvalue weighted by Gasteiger charge is -2.39. The number of rotatable bonds is 7. The van der Waals surface area contributed by atoms with Crippen LogP contribution < -0.4 is 4.74 Å². The van der Waals surface area contributed by atoms with Crippen LogP contribution in [0.25, 0.3) is 22.2 Å². The predicted molar refractivity (Wildman–Crippen MR) is 125 cm³/mol. The van der Waals surface area contributed by atoms with Crippen molar-refractivity contribution in [1.82, 2.24) is 14.5 Å². The molecule has 0 aliphatic carbocycles. The first-order chi connectivity index (χ1) is 16.0. The van der Waals surface area contributed by atoms with Crippen LogP contribution in [0.4, 0.5) is 13.2 Å². The highest BCUT2D eigenvalue weighted by Crippen LogP contribution is 2.45. The van der Waals surface area contributed by atoms with Gasteiger partial charge in [0.2, 0.25) is 0 Å². The summed E-state index contributed by atoms with van der Waals surface area (Å²) in [5, 5.41) is 11.1. The Kier molecular flexibility index (Phi) is 6.12. The molecular formula is C26H26F3N3O2. The first kappa shape index (κ1) is 23.8. The molecule has 0 aliphatic rings. The summed E-state index contributed by atoms with van der Waals surface area (Å²) in [5.41, 5.74) is -0.785. The fraction of sp³-hybridized carbons (Fsp3) is 0.308. The van der Waals surface area contributed by atoms with Crippen LogP contribution in [0, 0.1) is 0 Å². The van der Waals surface area contributed by atoms with E-state index in [1.165, 1.54) is 17.9 Å². The van der Waals surface area contributed by atoms with Crippen LogP contribution in [-0.4, -0.2) is 38.5 Å². The molecule has 3 aromatic heterocycles. The molecule has 0 saturated heterocycles. The van der Waals surface area contributed by atoms with E-state index in [4.69, 9.17) is 4.74 Å². The highest BCUT2D eigenvalue weighted by atomic mass is 19.4. The second-order valence-electron chi connectivity index (χ2n) is 9.10. The Balaban J connectivity index is 1.74. The van der Waals surface area contributed by atoms with Crippen molar-refractivity contribution in [2.45, 2.75) is 44.0 Å². The number of fused-ring (bicyclic) bond motifs is 1. The van der Waals surface area contributed by atoms with E-state index in [1.54, 1.807) is 62.8 Å². The average Bonchev–Trinajstić information content (AvgIpc) is 3.20. The number of benzene rings is 1. The van der Waals surface area contributed by atoms with Crippen molar-refractivity contribution >= 4 is 11.0 Å². The van der Waals surface area contributed by atoms with Gasteiger partial charge in [-0.05, 0) is 53.8 Å². The summed E-state index contributed by atoms with van der Waals surface area (Å²) in [6.45, 7) is 2.72. The highest BCUT2D eigenvalue weighted by Gasteiger charge is 2.56. The molecule has 0 bridgehead atoms. The standard InChI is InChI=1S/C26H26F3N3O2/c1-24(2,20-14-18(8-9-23(20)34-3)19-6-4-11-30-15-19)16-25(33,26(27,28)29)17-32-13-10-21-22(32)7-5-12-31-21/h4-15,33H,16-17H2,1-3H3. The van der Waals surface area contributed by atoms with Crippen molar-refractivity contribution < 1.29 is 23.0 Å². The Morgan fingerprint density at radius 2 is 1.76 bits per heavy atom. The number of hydrogen-bond donors (Lipinski definition) is 1. The van der Waals surface area contributed by atoms with Gasteiger partial charge >= 0.3 is 6.18 Å². The zero-order chi connectivity index (χ0) is 24.6. The van der Waals surface area contributed by atoms with E-state index < -0.39 is 30.2 Å². The van der Waals surface area contributed by atoms with Crippen molar-refractivity contribution in [2.24, 2.45) is 0 Å². The van der Waals surface area contributed by atoms with Gasteiger partial charge in [-0.2, -0.15) is 13.2 Å². The lowest BCUT2D eigenvalue weighted by Crippen LogP contribution is -2.52. The van der Waals surface area contributed by atoms with Crippen molar-refractivity contribution in [1.29, 1.82) is 0 Å². The molecule has 1 unspecified atom stereocenters. The molecule has 1 aromatic carbocycles. The molecule has 0 saturated carbocycles. The minimum Gasteiger partial charge on any atom is -0.496 e. The van der Waals surface area contributed by atoms with E-state index in [-0.39, 0.29) is 0 Å². The molecule has 3 heterocycles. The summed E-state index contributed by atoms with van der Waals surface area (Å²) < 4.78 is 49.9. The summed E-state index contributed by atoms with van der Waals surface area (Å²) >= 11 is 0. The number of nitrogens with zero attached hydrogens (tertiary/aromatic N) is 3. The quantitative estimate of drug-likeness (QED) is 0.373. The monoisotopic (exact) mass is 469 g/mol. The van der Waals surface area contributed by atoms with Gasteiger partial charge in [0.1, 0.15) is 5.75 Å². The van der Waals surface area contributed by atoms with Gasteiger partial charge in [0, 0.05) is 35.9 Å². The molecule has 0 fully saturated rings. The maximum Gasteiger partial charge on any atom is 0.418 e.